The Morgan fingerprint density at radius 3 is 2.29 bits per heavy atom. The van der Waals surface area contributed by atoms with Crippen LogP contribution in [0.2, 0.25) is 0 Å². The first kappa shape index (κ1) is 21.4. The molecule has 1 aromatic heterocycles. The number of H-pyrrole nitrogens is 1. The molecule has 3 heteroatoms. The highest BCUT2D eigenvalue weighted by Crippen LogP contribution is 2.21. The van der Waals surface area contributed by atoms with Crippen LogP contribution in [0.25, 0.3) is 10.9 Å². The summed E-state index contributed by atoms with van der Waals surface area (Å²) in [5, 5.41) is 8.57. The fourth-order valence-corrected chi connectivity index (χ4v) is 4.06. The number of aryl methyl sites for hydroxylation is 1. The maximum absolute atomic E-state index is 3.69. The van der Waals surface area contributed by atoms with Crippen LogP contribution in [-0.4, -0.2) is 11.5 Å². The summed E-state index contributed by atoms with van der Waals surface area (Å²) in [4.78, 5) is 3.41. The number of hydrogen-bond acceptors (Lipinski definition) is 2. The third-order valence-electron chi connectivity index (χ3n) is 6.07. The molecular formula is C28H33N3. The van der Waals surface area contributed by atoms with Gasteiger partial charge in [0.2, 0.25) is 0 Å². The molecule has 0 spiro atoms. The molecule has 3 aromatic carbocycles. The smallest absolute Gasteiger partial charge is 0.0456 e. The fourth-order valence-electron chi connectivity index (χ4n) is 4.06. The fraction of sp³-hybridized carbons (Fsp3) is 0.286. The summed E-state index contributed by atoms with van der Waals surface area (Å²) in [6.07, 6.45) is 4.26. The van der Waals surface area contributed by atoms with Crippen molar-refractivity contribution in [2.45, 2.75) is 45.8 Å². The van der Waals surface area contributed by atoms with E-state index >= 15 is 0 Å². The van der Waals surface area contributed by atoms with Crippen molar-refractivity contribution in [3.63, 3.8) is 0 Å². The van der Waals surface area contributed by atoms with Gasteiger partial charge in [0.05, 0.1) is 0 Å². The zero-order valence-electron chi connectivity index (χ0n) is 18.6. The molecule has 4 rings (SSSR count). The van der Waals surface area contributed by atoms with E-state index in [1.54, 1.807) is 0 Å². The van der Waals surface area contributed by atoms with Crippen LogP contribution in [0.1, 0.15) is 47.7 Å². The van der Waals surface area contributed by atoms with Gasteiger partial charge < -0.3 is 15.6 Å². The van der Waals surface area contributed by atoms with Crippen LogP contribution in [0.5, 0.6) is 0 Å². The van der Waals surface area contributed by atoms with E-state index in [4.69, 9.17) is 0 Å². The summed E-state index contributed by atoms with van der Waals surface area (Å²) in [6, 6.07) is 26.6. The molecule has 1 heterocycles. The Balaban J connectivity index is 1.25. The van der Waals surface area contributed by atoms with Crippen molar-refractivity contribution in [2.24, 2.45) is 0 Å². The number of nitrogens with one attached hydrogen (secondary N) is 3. The van der Waals surface area contributed by atoms with Crippen molar-refractivity contribution in [1.29, 1.82) is 0 Å². The van der Waals surface area contributed by atoms with Crippen LogP contribution in [0, 0.1) is 0 Å². The third kappa shape index (κ3) is 5.63. The molecule has 0 bridgehead atoms. The van der Waals surface area contributed by atoms with Gasteiger partial charge in [-0.1, -0.05) is 67.6 Å². The number of benzene rings is 3. The number of rotatable bonds is 10. The van der Waals surface area contributed by atoms with Gasteiger partial charge in [0.1, 0.15) is 0 Å². The molecule has 0 radical (unpaired) electrons. The molecule has 0 amide bonds. The predicted octanol–water partition coefficient (Wildman–Crippen LogP) is 5.91. The van der Waals surface area contributed by atoms with Crippen LogP contribution in [0.15, 0.2) is 79.0 Å². The summed E-state index contributed by atoms with van der Waals surface area (Å²) in [6.45, 7) is 7.20. The highest BCUT2D eigenvalue weighted by Gasteiger charge is 2.08. The Morgan fingerprint density at radius 2 is 1.55 bits per heavy atom. The first-order chi connectivity index (χ1) is 15.2. The van der Waals surface area contributed by atoms with Gasteiger partial charge in [-0.25, -0.2) is 0 Å². The van der Waals surface area contributed by atoms with Gasteiger partial charge in [0.15, 0.2) is 0 Å². The lowest BCUT2D eigenvalue weighted by Gasteiger charge is -2.15. The van der Waals surface area contributed by atoms with Crippen molar-refractivity contribution in [3.05, 3.63) is 107 Å². The van der Waals surface area contributed by atoms with Gasteiger partial charge in [-0.2, -0.15) is 0 Å². The molecule has 1 atom stereocenters. The molecular weight excluding hydrogens is 378 g/mol. The Bertz CT molecular complexity index is 1080. The number of aromatic nitrogens is 1. The monoisotopic (exact) mass is 411 g/mol. The minimum atomic E-state index is 0.336. The molecule has 3 N–H and O–H groups in total. The van der Waals surface area contributed by atoms with E-state index in [9.17, 15) is 0 Å². The maximum Gasteiger partial charge on any atom is 0.0456 e. The number of aromatic amines is 1. The Labute approximate surface area is 185 Å². The second-order valence-corrected chi connectivity index (χ2v) is 8.30. The average molecular weight is 412 g/mol. The molecule has 0 fully saturated rings. The first-order valence-electron chi connectivity index (χ1n) is 11.4. The Morgan fingerprint density at radius 1 is 0.839 bits per heavy atom. The van der Waals surface area contributed by atoms with E-state index in [1.807, 2.05) is 0 Å². The van der Waals surface area contributed by atoms with E-state index in [2.05, 4.69) is 108 Å². The lowest BCUT2D eigenvalue weighted by molar-refractivity contribution is 0.577. The maximum atomic E-state index is 3.69. The largest absolute Gasteiger partial charge is 0.361 e. The molecule has 4 aromatic rings. The van der Waals surface area contributed by atoms with Gasteiger partial charge in [0.25, 0.3) is 0 Å². The Kier molecular flexibility index (Phi) is 7.18. The highest BCUT2D eigenvalue weighted by atomic mass is 14.9. The second-order valence-electron chi connectivity index (χ2n) is 8.30. The highest BCUT2D eigenvalue weighted by molar-refractivity contribution is 5.83. The van der Waals surface area contributed by atoms with Gasteiger partial charge >= 0.3 is 0 Å². The SMILES string of the molecule is CCc1ccc2[nH]cc(CCNC(C)c3ccc(CNCc4ccccc4)cc3)c2c1. The van der Waals surface area contributed by atoms with E-state index in [0.717, 1.165) is 32.5 Å². The summed E-state index contributed by atoms with van der Waals surface area (Å²) in [5.41, 5.74) is 7.99. The van der Waals surface area contributed by atoms with Gasteiger partial charge in [-0.3, -0.25) is 0 Å². The minimum Gasteiger partial charge on any atom is -0.361 e. The van der Waals surface area contributed by atoms with Crippen molar-refractivity contribution >= 4 is 10.9 Å². The molecule has 160 valence electrons. The normalized spacial score (nSPS) is 12.3. The quantitative estimate of drug-likeness (QED) is 0.303. The van der Waals surface area contributed by atoms with Crippen LogP contribution in [0.4, 0.5) is 0 Å². The molecule has 1 unspecified atom stereocenters. The summed E-state index contributed by atoms with van der Waals surface area (Å²) in [7, 11) is 0. The summed E-state index contributed by atoms with van der Waals surface area (Å²) in [5.74, 6) is 0. The summed E-state index contributed by atoms with van der Waals surface area (Å²) >= 11 is 0. The second kappa shape index (κ2) is 10.4. The predicted molar refractivity (Wildman–Crippen MR) is 131 cm³/mol. The standard InChI is InChI=1S/C28H33N3/c1-3-22-11-14-28-27(17-22)26(20-31-28)15-16-30-21(2)25-12-9-24(10-13-25)19-29-18-23-7-5-4-6-8-23/h4-14,17,20-21,29-31H,3,15-16,18-19H2,1-2H3. The zero-order chi connectivity index (χ0) is 21.5. The van der Waals surface area contributed by atoms with E-state index in [1.165, 1.54) is 38.7 Å². The van der Waals surface area contributed by atoms with Crippen molar-refractivity contribution in [2.75, 3.05) is 6.54 Å². The van der Waals surface area contributed by atoms with E-state index < -0.39 is 0 Å². The molecule has 0 aliphatic rings. The summed E-state index contributed by atoms with van der Waals surface area (Å²) < 4.78 is 0. The third-order valence-corrected chi connectivity index (χ3v) is 6.07. The lowest BCUT2D eigenvalue weighted by Crippen LogP contribution is -2.21. The van der Waals surface area contributed by atoms with Gasteiger partial charge in [-0.15, -0.1) is 0 Å². The first-order valence-corrected chi connectivity index (χ1v) is 11.4. The number of fused-ring (bicyclic) bond motifs is 1. The van der Waals surface area contributed by atoms with E-state index in [0.29, 0.717) is 6.04 Å². The van der Waals surface area contributed by atoms with Crippen LogP contribution in [-0.2, 0) is 25.9 Å². The van der Waals surface area contributed by atoms with Crippen LogP contribution >= 0.6 is 0 Å². The van der Waals surface area contributed by atoms with Crippen LogP contribution < -0.4 is 10.6 Å². The average Bonchev–Trinajstić information content (AvgIpc) is 3.22. The van der Waals surface area contributed by atoms with Crippen molar-refractivity contribution in [3.8, 4) is 0 Å². The zero-order valence-corrected chi connectivity index (χ0v) is 18.6. The van der Waals surface area contributed by atoms with E-state index in [-0.39, 0.29) is 0 Å². The molecule has 0 saturated carbocycles. The van der Waals surface area contributed by atoms with Crippen molar-refractivity contribution in [1.82, 2.24) is 15.6 Å². The topological polar surface area (TPSA) is 39.9 Å². The molecule has 0 saturated heterocycles. The molecule has 31 heavy (non-hydrogen) atoms. The van der Waals surface area contributed by atoms with Gasteiger partial charge in [0, 0.05) is 36.2 Å². The Hall–Kier alpha value is -2.88. The lowest BCUT2D eigenvalue weighted by atomic mass is 10.0. The van der Waals surface area contributed by atoms with Gasteiger partial charge in [-0.05, 0) is 66.3 Å². The van der Waals surface area contributed by atoms with Crippen LogP contribution in [0.3, 0.4) is 0 Å². The molecule has 0 aliphatic heterocycles. The molecule has 3 nitrogen and oxygen atoms in total. The van der Waals surface area contributed by atoms with Crippen molar-refractivity contribution < 1.29 is 0 Å². The molecule has 0 aliphatic carbocycles. The number of hydrogen-bond donors (Lipinski definition) is 3. The minimum absolute atomic E-state index is 0.336.